The van der Waals surface area contributed by atoms with Crippen molar-refractivity contribution in [3.8, 4) is 5.75 Å². The lowest BCUT2D eigenvalue weighted by atomic mass is 9.95. The number of aromatic nitrogens is 1. The zero-order valence-corrected chi connectivity index (χ0v) is 13.0. The minimum Gasteiger partial charge on any atom is -0.490 e. The van der Waals surface area contributed by atoms with Crippen LogP contribution in [0.15, 0.2) is 30.3 Å². The number of hydrogen-bond donors (Lipinski definition) is 0. The van der Waals surface area contributed by atoms with Crippen LogP contribution >= 0.6 is 11.6 Å². The van der Waals surface area contributed by atoms with Crippen LogP contribution in [0.1, 0.15) is 31.4 Å². The van der Waals surface area contributed by atoms with E-state index in [2.05, 4.69) is 4.98 Å². The second-order valence-corrected chi connectivity index (χ2v) is 5.79. The van der Waals surface area contributed by atoms with Crippen LogP contribution in [0.5, 0.6) is 5.75 Å². The molecule has 1 aliphatic rings. The Morgan fingerprint density at radius 1 is 1.24 bits per heavy atom. The molecule has 0 aliphatic heterocycles. The minimum atomic E-state index is 0.206. The third-order valence-electron chi connectivity index (χ3n) is 4.07. The van der Waals surface area contributed by atoms with Gasteiger partial charge in [-0.1, -0.05) is 12.1 Å². The molecule has 4 heteroatoms. The van der Waals surface area contributed by atoms with Crippen molar-refractivity contribution in [3.63, 3.8) is 0 Å². The molecule has 2 atom stereocenters. The van der Waals surface area contributed by atoms with Gasteiger partial charge in [0.15, 0.2) is 0 Å². The van der Waals surface area contributed by atoms with Crippen LogP contribution < -0.4 is 4.74 Å². The molecule has 1 aromatic carbocycles. The number of para-hydroxylation sites is 1. The maximum atomic E-state index is 6.26. The number of benzene rings is 1. The first-order valence-electron chi connectivity index (χ1n) is 7.44. The van der Waals surface area contributed by atoms with Crippen LogP contribution in [0.25, 0.3) is 10.9 Å². The van der Waals surface area contributed by atoms with Gasteiger partial charge in [-0.15, -0.1) is 11.6 Å². The molecule has 1 fully saturated rings. The molecular formula is C17H20ClNO2. The Morgan fingerprint density at radius 3 is 2.86 bits per heavy atom. The number of methoxy groups -OCH3 is 1. The predicted molar refractivity (Wildman–Crippen MR) is 85.0 cm³/mol. The molecule has 3 nitrogen and oxygen atoms in total. The van der Waals surface area contributed by atoms with Crippen LogP contribution in [0.4, 0.5) is 0 Å². The van der Waals surface area contributed by atoms with Crippen molar-refractivity contribution >= 4 is 22.5 Å². The molecule has 112 valence electrons. The Bertz CT molecular complexity index is 617. The lowest BCUT2D eigenvalue weighted by Crippen LogP contribution is -2.29. The van der Waals surface area contributed by atoms with Crippen LogP contribution in [-0.4, -0.2) is 24.3 Å². The van der Waals surface area contributed by atoms with E-state index in [0.29, 0.717) is 12.0 Å². The van der Waals surface area contributed by atoms with Crippen molar-refractivity contribution in [2.45, 2.75) is 43.8 Å². The van der Waals surface area contributed by atoms with Crippen LogP contribution in [0.2, 0.25) is 0 Å². The molecule has 1 aromatic heterocycles. The molecule has 1 heterocycles. The zero-order chi connectivity index (χ0) is 14.7. The normalized spacial score (nSPS) is 22.4. The molecule has 3 rings (SSSR count). The van der Waals surface area contributed by atoms with Crippen molar-refractivity contribution in [2.75, 3.05) is 7.11 Å². The molecule has 2 unspecified atom stereocenters. The summed E-state index contributed by atoms with van der Waals surface area (Å²) in [6.07, 6.45) is 4.81. The van der Waals surface area contributed by atoms with Crippen LogP contribution in [0.3, 0.4) is 0 Å². The molecule has 0 radical (unpaired) electrons. The Morgan fingerprint density at radius 2 is 2.05 bits per heavy atom. The second kappa shape index (κ2) is 6.63. The van der Waals surface area contributed by atoms with Crippen molar-refractivity contribution in [1.29, 1.82) is 0 Å². The molecular weight excluding hydrogens is 286 g/mol. The summed E-state index contributed by atoms with van der Waals surface area (Å²) in [5.41, 5.74) is 1.79. The average molecular weight is 306 g/mol. The predicted octanol–water partition coefficient (Wildman–Crippen LogP) is 4.31. The SMILES string of the molecule is COC1CCCC(Oc2cc(CCl)nc3ccccc23)C1. The van der Waals surface area contributed by atoms with Crippen molar-refractivity contribution in [1.82, 2.24) is 4.98 Å². The zero-order valence-electron chi connectivity index (χ0n) is 12.2. The molecule has 0 spiro atoms. The third kappa shape index (κ3) is 3.30. The molecule has 0 bridgehead atoms. The van der Waals surface area contributed by atoms with Crippen molar-refractivity contribution in [3.05, 3.63) is 36.0 Å². The highest BCUT2D eigenvalue weighted by Crippen LogP contribution is 2.30. The number of hydrogen-bond acceptors (Lipinski definition) is 3. The first-order chi connectivity index (χ1) is 10.3. The summed E-state index contributed by atoms with van der Waals surface area (Å²) in [7, 11) is 1.78. The molecule has 0 N–H and O–H groups in total. The summed E-state index contributed by atoms with van der Waals surface area (Å²) in [5.74, 6) is 1.28. The van der Waals surface area contributed by atoms with E-state index >= 15 is 0 Å². The number of nitrogens with zero attached hydrogens (tertiary/aromatic N) is 1. The second-order valence-electron chi connectivity index (χ2n) is 5.53. The van der Waals surface area contributed by atoms with Gasteiger partial charge >= 0.3 is 0 Å². The van der Waals surface area contributed by atoms with Gasteiger partial charge in [-0.2, -0.15) is 0 Å². The highest BCUT2D eigenvalue weighted by atomic mass is 35.5. The first-order valence-corrected chi connectivity index (χ1v) is 7.97. The number of ether oxygens (including phenoxy) is 2. The number of alkyl halides is 1. The third-order valence-corrected chi connectivity index (χ3v) is 4.35. The van der Waals surface area contributed by atoms with Crippen molar-refractivity contribution < 1.29 is 9.47 Å². The number of halogens is 1. The van der Waals surface area contributed by atoms with Gasteiger partial charge in [-0.05, 0) is 31.4 Å². The molecule has 21 heavy (non-hydrogen) atoms. The standard InChI is InChI=1S/C17H20ClNO2/c1-20-13-5-4-6-14(10-13)21-17-9-12(11-18)19-16-8-3-2-7-15(16)17/h2-3,7-9,13-14H,4-6,10-11H2,1H3. The van der Waals surface area contributed by atoms with Gasteiger partial charge in [0.05, 0.1) is 23.2 Å². The smallest absolute Gasteiger partial charge is 0.130 e. The number of pyridine rings is 1. The van der Waals surface area contributed by atoms with Gasteiger partial charge in [0.2, 0.25) is 0 Å². The van der Waals surface area contributed by atoms with E-state index in [1.807, 2.05) is 30.3 Å². The van der Waals surface area contributed by atoms with Crippen LogP contribution in [-0.2, 0) is 10.6 Å². The fourth-order valence-corrected chi connectivity index (χ4v) is 3.10. The van der Waals surface area contributed by atoms with E-state index in [1.165, 1.54) is 0 Å². The summed E-state index contributed by atoms with van der Waals surface area (Å²) in [6.45, 7) is 0. The quantitative estimate of drug-likeness (QED) is 0.789. The van der Waals surface area contributed by atoms with Crippen LogP contribution in [0, 0.1) is 0 Å². The lowest BCUT2D eigenvalue weighted by molar-refractivity contribution is 0.0214. The fraction of sp³-hybridized carbons (Fsp3) is 0.471. The molecule has 1 aliphatic carbocycles. The van der Waals surface area contributed by atoms with Gasteiger partial charge in [0.1, 0.15) is 11.9 Å². The lowest BCUT2D eigenvalue weighted by Gasteiger charge is -2.29. The molecule has 1 saturated carbocycles. The molecule has 0 saturated heterocycles. The van der Waals surface area contributed by atoms with E-state index in [9.17, 15) is 0 Å². The molecule has 2 aromatic rings. The first kappa shape index (κ1) is 14.6. The Hall–Kier alpha value is -1.32. The minimum absolute atomic E-state index is 0.206. The molecule has 0 amide bonds. The van der Waals surface area contributed by atoms with Gasteiger partial charge in [-0.3, -0.25) is 4.98 Å². The Labute approximate surface area is 130 Å². The number of rotatable bonds is 4. The summed E-state index contributed by atoms with van der Waals surface area (Å²) in [4.78, 5) is 4.54. The van der Waals surface area contributed by atoms with Gasteiger partial charge in [0, 0.05) is 25.0 Å². The van der Waals surface area contributed by atoms with Gasteiger partial charge < -0.3 is 9.47 Å². The summed E-state index contributed by atoms with van der Waals surface area (Å²) in [5, 5.41) is 1.05. The van der Waals surface area contributed by atoms with E-state index in [0.717, 1.165) is 48.0 Å². The maximum absolute atomic E-state index is 6.26. The summed E-state index contributed by atoms with van der Waals surface area (Å²) in [6, 6.07) is 10.0. The van der Waals surface area contributed by atoms with Gasteiger partial charge in [0.25, 0.3) is 0 Å². The van der Waals surface area contributed by atoms with Crippen molar-refractivity contribution in [2.24, 2.45) is 0 Å². The average Bonchev–Trinajstić information content (AvgIpc) is 2.55. The Balaban J connectivity index is 1.88. The summed E-state index contributed by atoms with van der Waals surface area (Å²) < 4.78 is 11.7. The monoisotopic (exact) mass is 305 g/mol. The Kier molecular flexibility index (Phi) is 4.61. The fourth-order valence-electron chi connectivity index (χ4n) is 2.96. The highest BCUT2D eigenvalue weighted by Gasteiger charge is 2.23. The van der Waals surface area contributed by atoms with E-state index in [4.69, 9.17) is 21.1 Å². The van der Waals surface area contributed by atoms with Gasteiger partial charge in [-0.25, -0.2) is 0 Å². The topological polar surface area (TPSA) is 31.4 Å². The number of fused-ring (bicyclic) bond motifs is 1. The maximum Gasteiger partial charge on any atom is 0.130 e. The highest BCUT2D eigenvalue weighted by molar-refractivity contribution is 6.17. The van der Waals surface area contributed by atoms with E-state index < -0.39 is 0 Å². The van der Waals surface area contributed by atoms with E-state index in [1.54, 1.807) is 7.11 Å². The largest absolute Gasteiger partial charge is 0.490 e. The summed E-state index contributed by atoms with van der Waals surface area (Å²) >= 11 is 5.95. The van der Waals surface area contributed by atoms with E-state index in [-0.39, 0.29) is 6.10 Å².